The molecule has 130 valence electrons. The number of hydrogen-bond acceptors (Lipinski definition) is 7. The molecule has 0 aliphatic carbocycles. The van der Waals surface area contributed by atoms with Gasteiger partial charge in [0.1, 0.15) is 0 Å². The quantitative estimate of drug-likeness (QED) is 0.592. The Kier molecular flexibility index (Phi) is 5.05. The summed E-state index contributed by atoms with van der Waals surface area (Å²) in [5, 5.41) is 12.2. The Morgan fingerprint density at radius 3 is 2.72 bits per heavy atom. The first-order valence-corrected chi connectivity index (χ1v) is 9.43. The number of H-pyrrole nitrogens is 1. The number of aryl methyl sites for hydroxylation is 3. The van der Waals surface area contributed by atoms with Crippen molar-refractivity contribution in [2.45, 2.75) is 25.9 Å². The van der Waals surface area contributed by atoms with E-state index in [1.54, 1.807) is 0 Å². The molecule has 0 unspecified atom stereocenters. The minimum Gasteiger partial charge on any atom is -0.368 e. The predicted octanol–water partition coefficient (Wildman–Crippen LogP) is 3.17. The Morgan fingerprint density at radius 1 is 1.24 bits per heavy atom. The molecule has 0 spiro atoms. The Labute approximate surface area is 153 Å². The number of thiazole rings is 1. The number of aromatic amines is 1. The number of nitrogens with one attached hydrogen (secondary N) is 2. The van der Waals surface area contributed by atoms with Gasteiger partial charge >= 0.3 is 0 Å². The van der Waals surface area contributed by atoms with Crippen LogP contribution in [0, 0.1) is 20.8 Å². The first-order chi connectivity index (χ1) is 11.9. The average Bonchev–Trinajstić information content (AvgIpc) is 3.18. The molecule has 0 radical (unpaired) electrons. The van der Waals surface area contributed by atoms with Crippen molar-refractivity contribution in [1.82, 2.24) is 20.2 Å². The largest absolute Gasteiger partial charge is 0.368 e. The second-order valence-corrected chi connectivity index (χ2v) is 7.43. The fourth-order valence-electron chi connectivity index (χ4n) is 2.30. The van der Waals surface area contributed by atoms with E-state index in [0.29, 0.717) is 10.3 Å². The second kappa shape index (κ2) is 7.24. The van der Waals surface area contributed by atoms with Crippen LogP contribution in [-0.2, 0) is 4.79 Å². The highest BCUT2D eigenvalue weighted by Gasteiger charge is 2.12. The van der Waals surface area contributed by atoms with E-state index in [-0.39, 0.29) is 17.6 Å². The van der Waals surface area contributed by atoms with Crippen LogP contribution < -0.4 is 11.1 Å². The topological polar surface area (TPSA) is 110 Å². The molecule has 9 heteroatoms. The van der Waals surface area contributed by atoms with Gasteiger partial charge in [-0.25, -0.2) is 10.1 Å². The Balaban J connectivity index is 1.65. The van der Waals surface area contributed by atoms with Crippen LogP contribution >= 0.6 is 23.1 Å². The highest BCUT2D eigenvalue weighted by atomic mass is 32.2. The molecule has 1 amide bonds. The van der Waals surface area contributed by atoms with Gasteiger partial charge in [0.15, 0.2) is 5.13 Å². The van der Waals surface area contributed by atoms with Gasteiger partial charge in [-0.05, 0) is 43.5 Å². The molecule has 25 heavy (non-hydrogen) atoms. The fourth-order valence-corrected chi connectivity index (χ4v) is 3.63. The van der Waals surface area contributed by atoms with Crippen molar-refractivity contribution in [3.63, 3.8) is 0 Å². The van der Waals surface area contributed by atoms with Crippen molar-refractivity contribution in [3.8, 4) is 11.3 Å². The normalized spacial score (nSPS) is 10.8. The molecule has 0 aliphatic rings. The van der Waals surface area contributed by atoms with Crippen molar-refractivity contribution in [2.75, 3.05) is 16.8 Å². The summed E-state index contributed by atoms with van der Waals surface area (Å²) in [5.74, 6) is 0.261. The van der Waals surface area contributed by atoms with Gasteiger partial charge in [-0.2, -0.15) is 4.98 Å². The number of aromatic nitrogens is 4. The number of amides is 1. The third-order valence-electron chi connectivity index (χ3n) is 3.68. The lowest BCUT2D eigenvalue weighted by molar-refractivity contribution is -0.113. The summed E-state index contributed by atoms with van der Waals surface area (Å²) in [6.07, 6.45) is 0. The minimum absolute atomic E-state index is 0.161. The van der Waals surface area contributed by atoms with E-state index in [9.17, 15) is 4.79 Å². The molecule has 4 N–H and O–H groups in total. The van der Waals surface area contributed by atoms with Crippen LogP contribution in [0.25, 0.3) is 11.3 Å². The minimum atomic E-state index is -0.161. The van der Waals surface area contributed by atoms with Crippen LogP contribution in [-0.4, -0.2) is 31.8 Å². The van der Waals surface area contributed by atoms with E-state index in [1.807, 2.05) is 5.38 Å². The van der Waals surface area contributed by atoms with Gasteiger partial charge < -0.3 is 11.1 Å². The van der Waals surface area contributed by atoms with Gasteiger partial charge in [-0.1, -0.05) is 17.8 Å². The maximum absolute atomic E-state index is 12.0. The molecule has 0 aliphatic heterocycles. The SMILES string of the molecule is Cc1cc(C)c(-c2csc(NC(=O)CSc3n[nH]c(N)n3)n2)cc1C. The summed E-state index contributed by atoms with van der Waals surface area (Å²) in [6, 6.07) is 4.29. The molecule has 0 saturated carbocycles. The first-order valence-electron chi connectivity index (χ1n) is 7.56. The van der Waals surface area contributed by atoms with Gasteiger partial charge in [0.05, 0.1) is 11.4 Å². The summed E-state index contributed by atoms with van der Waals surface area (Å²) < 4.78 is 0. The molecular formula is C16H18N6OS2. The summed E-state index contributed by atoms with van der Waals surface area (Å²) in [4.78, 5) is 20.5. The monoisotopic (exact) mass is 374 g/mol. The number of nitrogens with zero attached hydrogens (tertiary/aromatic N) is 3. The molecule has 2 heterocycles. The van der Waals surface area contributed by atoms with E-state index in [4.69, 9.17) is 5.73 Å². The van der Waals surface area contributed by atoms with Crippen LogP contribution in [0.2, 0.25) is 0 Å². The molecule has 3 rings (SSSR count). The van der Waals surface area contributed by atoms with Gasteiger partial charge in [-0.3, -0.25) is 4.79 Å². The maximum atomic E-state index is 12.0. The Morgan fingerprint density at radius 2 is 2.00 bits per heavy atom. The van der Waals surface area contributed by atoms with Gasteiger partial charge in [0, 0.05) is 10.9 Å². The zero-order valence-electron chi connectivity index (χ0n) is 14.1. The van der Waals surface area contributed by atoms with Crippen molar-refractivity contribution in [1.29, 1.82) is 0 Å². The third kappa shape index (κ3) is 4.18. The number of hydrogen-bond donors (Lipinski definition) is 3. The summed E-state index contributed by atoms with van der Waals surface area (Å²) in [6.45, 7) is 6.25. The Hall–Kier alpha value is -2.39. The lowest BCUT2D eigenvalue weighted by Crippen LogP contribution is -2.13. The van der Waals surface area contributed by atoms with Crippen LogP contribution in [0.1, 0.15) is 16.7 Å². The molecule has 0 saturated heterocycles. The van der Waals surface area contributed by atoms with E-state index in [1.165, 1.54) is 39.8 Å². The molecule has 3 aromatic rings. The van der Waals surface area contributed by atoms with E-state index in [0.717, 1.165) is 11.3 Å². The zero-order valence-corrected chi connectivity index (χ0v) is 15.7. The number of rotatable bonds is 5. The van der Waals surface area contributed by atoms with E-state index < -0.39 is 0 Å². The van der Waals surface area contributed by atoms with Gasteiger partial charge in [0.2, 0.25) is 17.0 Å². The Bertz CT molecular complexity index is 917. The number of nitrogens with two attached hydrogens (primary N) is 1. The number of carbonyl (C=O) groups excluding carboxylic acids is 1. The van der Waals surface area contributed by atoms with Crippen LogP contribution in [0.3, 0.4) is 0 Å². The average molecular weight is 374 g/mol. The lowest BCUT2D eigenvalue weighted by atomic mass is 9.99. The standard InChI is InChI=1S/C16H18N6OS2/c1-8-4-10(3)11(5-9(8)2)12-6-24-15(18-12)19-13(23)7-25-16-20-14(17)21-22-16/h4-6H,7H2,1-3H3,(H,18,19,23)(H3,17,20,21,22). The second-order valence-electron chi connectivity index (χ2n) is 5.63. The predicted molar refractivity (Wildman–Crippen MR) is 102 cm³/mol. The number of benzene rings is 1. The van der Waals surface area contributed by atoms with Gasteiger partial charge in [-0.15, -0.1) is 16.4 Å². The maximum Gasteiger partial charge on any atom is 0.236 e. The zero-order chi connectivity index (χ0) is 18.0. The van der Waals surface area contributed by atoms with E-state index >= 15 is 0 Å². The number of thioether (sulfide) groups is 1. The number of nitrogen functional groups attached to an aromatic ring is 1. The van der Waals surface area contributed by atoms with Crippen molar-refractivity contribution >= 4 is 40.1 Å². The van der Waals surface area contributed by atoms with Crippen molar-refractivity contribution < 1.29 is 4.79 Å². The first kappa shape index (κ1) is 17.4. The molecule has 0 fully saturated rings. The van der Waals surface area contributed by atoms with Crippen LogP contribution in [0.5, 0.6) is 0 Å². The van der Waals surface area contributed by atoms with E-state index in [2.05, 4.69) is 58.4 Å². The van der Waals surface area contributed by atoms with Crippen LogP contribution in [0.4, 0.5) is 11.1 Å². The highest BCUT2D eigenvalue weighted by Crippen LogP contribution is 2.29. The summed E-state index contributed by atoms with van der Waals surface area (Å²) in [7, 11) is 0. The lowest BCUT2D eigenvalue weighted by Gasteiger charge is -2.07. The number of anilines is 2. The molecule has 0 bridgehead atoms. The van der Waals surface area contributed by atoms with Crippen molar-refractivity contribution in [2.24, 2.45) is 0 Å². The van der Waals surface area contributed by atoms with Gasteiger partial charge in [0.25, 0.3) is 0 Å². The highest BCUT2D eigenvalue weighted by molar-refractivity contribution is 7.99. The molecular weight excluding hydrogens is 356 g/mol. The third-order valence-corrected chi connectivity index (χ3v) is 5.29. The summed E-state index contributed by atoms with van der Waals surface area (Å²) >= 11 is 2.62. The molecule has 7 nitrogen and oxygen atoms in total. The molecule has 2 aromatic heterocycles. The summed E-state index contributed by atoms with van der Waals surface area (Å²) in [5.41, 5.74) is 11.1. The fraction of sp³-hybridized carbons (Fsp3) is 0.250. The number of carbonyl (C=O) groups is 1. The molecule has 1 aromatic carbocycles. The van der Waals surface area contributed by atoms with Crippen LogP contribution in [0.15, 0.2) is 22.7 Å². The smallest absolute Gasteiger partial charge is 0.236 e. The molecule has 0 atom stereocenters. The van der Waals surface area contributed by atoms with Crippen molar-refractivity contribution in [3.05, 3.63) is 34.2 Å².